The van der Waals surface area contributed by atoms with Crippen LogP contribution >= 0.6 is 0 Å². The molecule has 0 amide bonds. The summed E-state index contributed by atoms with van der Waals surface area (Å²) in [6, 6.07) is 6.50. The largest absolute Gasteiger partial charge is 0.504 e. The first kappa shape index (κ1) is 15.1. The average molecular weight is 297 g/mol. The van der Waals surface area contributed by atoms with Gasteiger partial charge in [0.2, 0.25) is 0 Å². The number of nitrogens with zero attached hydrogens (tertiary/aromatic N) is 3. The number of aromatic hydroxyl groups is 1. The van der Waals surface area contributed by atoms with E-state index < -0.39 is 17.5 Å². The maximum atomic E-state index is 12.0. The molecule has 2 heterocycles. The van der Waals surface area contributed by atoms with Gasteiger partial charge in [0.15, 0.2) is 11.5 Å². The number of carbonyl (C=O) groups is 2. The molecule has 0 saturated heterocycles. The SMILES string of the molecule is N#Cc1cc(-c2cccnc2)nc(C(=O)CCC(=O)O)c1O. The van der Waals surface area contributed by atoms with E-state index in [1.165, 1.54) is 12.3 Å². The van der Waals surface area contributed by atoms with Gasteiger partial charge in [0.1, 0.15) is 11.8 Å². The number of nitriles is 1. The van der Waals surface area contributed by atoms with Crippen molar-refractivity contribution in [1.29, 1.82) is 5.26 Å². The van der Waals surface area contributed by atoms with Gasteiger partial charge in [-0.2, -0.15) is 5.26 Å². The Morgan fingerprint density at radius 1 is 1.32 bits per heavy atom. The third-order valence-corrected chi connectivity index (χ3v) is 2.90. The quantitative estimate of drug-likeness (QED) is 0.805. The third kappa shape index (κ3) is 3.24. The van der Waals surface area contributed by atoms with Crippen LogP contribution in [0.5, 0.6) is 5.75 Å². The molecule has 0 fully saturated rings. The minimum Gasteiger partial charge on any atom is -0.504 e. The Kier molecular flexibility index (Phi) is 4.44. The molecule has 22 heavy (non-hydrogen) atoms. The minimum absolute atomic E-state index is 0.104. The number of carboxylic acids is 1. The lowest BCUT2D eigenvalue weighted by molar-refractivity contribution is -0.136. The molecule has 2 rings (SSSR count). The lowest BCUT2D eigenvalue weighted by Gasteiger charge is -2.07. The third-order valence-electron chi connectivity index (χ3n) is 2.90. The van der Waals surface area contributed by atoms with Crippen LogP contribution < -0.4 is 0 Å². The number of hydrogen-bond acceptors (Lipinski definition) is 6. The molecule has 7 nitrogen and oxygen atoms in total. The van der Waals surface area contributed by atoms with Crippen LogP contribution in [0.25, 0.3) is 11.3 Å². The van der Waals surface area contributed by atoms with Crippen LogP contribution in [0.3, 0.4) is 0 Å². The highest BCUT2D eigenvalue weighted by molar-refractivity contribution is 5.99. The number of carbonyl (C=O) groups excluding carboxylic acids is 1. The van der Waals surface area contributed by atoms with Crippen LogP contribution in [0.2, 0.25) is 0 Å². The summed E-state index contributed by atoms with van der Waals surface area (Å²) in [4.78, 5) is 30.5. The van der Waals surface area contributed by atoms with Gasteiger partial charge in [-0.3, -0.25) is 14.6 Å². The van der Waals surface area contributed by atoms with Crippen molar-refractivity contribution in [2.24, 2.45) is 0 Å². The van der Waals surface area contributed by atoms with Crippen molar-refractivity contribution < 1.29 is 19.8 Å². The van der Waals surface area contributed by atoms with Crippen LogP contribution in [0, 0.1) is 11.3 Å². The Hall–Kier alpha value is -3.27. The van der Waals surface area contributed by atoms with Gasteiger partial charge in [-0.05, 0) is 18.2 Å². The molecule has 0 aliphatic heterocycles. The van der Waals surface area contributed by atoms with Gasteiger partial charge in [-0.1, -0.05) is 0 Å². The molecule has 0 unspecified atom stereocenters. The standard InChI is InChI=1S/C15H11N3O4/c16-7-10-6-11(9-2-1-5-17-8-9)18-14(15(10)22)12(19)3-4-13(20)21/h1-2,5-6,8,22H,3-4H2,(H,20,21). The Morgan fingerprint density at radius 2 is 2.09 bits per heavy atom. The van der Waals surface area contributed by atoms with E-state index in [-0.39, 0.29) is 24.1 Å². The molecule has 0 aliphatic carbocycles. The lowest BCUT2D eigenvalue weighted by atomic mass is 10.1. The van der Waals surface area contributed by atoms with E-state index in [0.717, 1.165) is 0 Å². The molecule has 0 bridgehead atoms. The number of hydrogen-bond donors (Lipinski definition) is 2. The molecule has 2 aromatic heterocycles. The molecule has 110 valence electrons. The minimum atomic E-state index is -1.13. The predicted molar refractivity (Wildman–Crippen MR) is 75.0 cm³/mol. The van der Waals surface area contributed by atoms with Gasteiger partial charge >= 0.3 is 5.97 Å². The topological polar surface area (TPSA) is 124 Å². The number of pyridine rings is 2. The molecule has 2 N–H and O–H groups in total. The van der Waals surface area contributed by atoms with Crippen LogP contribution in [0.1, 0.15) is 28.9 Å². The molecule has 0 saturated carbocycles. The number of carboxylic acid groups (broad SMARTS) is 1. The van der Waals surface area contributed by atoms with Gasteiger partial charge in [0, 0.05) is 24.4 Å². The van der Waals surface area contributed by atoms with E-state index >= 15 is 0 Å². The van der Waals surface area contributed by atoms with Crippen molar-refractivity contribution in [2.75, 3.05) is 0 Å². The summed E-state index contributed by atoms with van der Waals surface area (Å²) in [5.41, 5.74) is 0.471. The Balaban J connectivity index is 2.47. The van der Waals surface area contributed by atoms with E-state index in [1.54, 1.807) is 24.4 Å². The fourth-order valence-electron chi connectivity index (χ4n) is 1.82. The summed E-state index contributed by atoms with van der Waals surface area (Å²) in [6.45, 7) is 0. The maximum Gasteiger partial charge on any atom is 0.303 e. The van der Waals surface area contributed by atoms with Gasteiger partial charge in [0.25, 0.3) is 0 Å². The molecule has 2 aromatic rings. The fourth-order valence-corrected chi connectivity index (χ4v) is 1.82. The number of rotatable bonds is 5. The van der Waals surface area contributed by atoms with Gasteiger partial charge in [-0.15, -0.1) is 0 Å². The Labute approximate surface area is 125 Å². The summed E-state index contributed by atoms with van der Waals surface area (Å²) in [6.07, 6.45) is 2.39. The molecule has 0 aliphatic rings. The normalized spacial score (nSPS) is 9.95. The van der Waals surface area contributed by atoms with Gasteiger partial charge < -0.3 is 10.2 Å². The Morgan fingerprint density at radius 3 is 2.68 bits per heavy atom. The van der Waals surface area contributed by atoms with Crippen LogP contribution in [-0.4, -0.2) is 31.9 Å². The monoisotopic (exact) mass is 297 g/mol. The first-order chi connectivity index (χ1) is 10.5. The van der Waals surface area contributed by atoms with E-state index in [1.807, 2.05) is 0 Å². The van der Waals surface area contributed by atoms with Crippen molar-refractivity contribution in [2.45, 2.75) is 12.8 Å². The van der Waals surface area contributed by atoms with E-state index in [2.05, 4.69) is 9.97 Å². The summed E-state index contributed by atoms with van der Waals surface area (Å²) in [5, 5.41) is 27.6. The van der Waals surface area contributed by atoms with Crippen molar-refractivity contribution in [3.05, 3.63) is 41.9 Å². The number of Topliss-reactive ketones (excluding diaryl/α,β-unsaturated/α-hetero) is 1. The second kappa shape index (κ2) is 6.45. The molecule has 0 radical (unpaired) electrons. The van der Waals surface area contributed by atoms with E-state index in [4.69, 9.17) is 10.4 Å². The van der Waals surface area contributed by atoms with E-state index in [0.29, 0.717) is 11.3 Å². The number of aromatic nitrogens is 2. The van der Waals surface area contributed by atoms with Crippen LogP contribution in [0.15, 0.2) is 30.6 Å². The zero-order valence-corrected chi connectivity index (χ0v) is 11.4. The summed E-state index contributed by atoms with van der Waals surface area (Å²) in [5.74, 6) is -2.30. The van der Waals surface area contributed by atoms with Crippen molar-refractivity contribution >= 4 is 11.8 Å². The summed E-state index contributed by atoms with van der Waals surface area (Å²) < 4.78 is 0. The first-order valence-electron chi connectivity index (χ1n) is 6.32. The zero-order valence-electron chi connectivity index (χ0n) is 11.4. The smallest absolute Gasteiger partial charge is 0.303 e. The second-order valence-electron chi connectivity index (χ2n) is 4.42. The van der Waals surface area contributed by atoms with Crippen molar-refractivity contribution in [3.63, 3.8) is 0 Å². The highest BCUT2D eigenvalue weighted by Crippen LogP contribution is 2.27. The second-order valence-corrected chi connectivity index (χ2v) is 4.42. The van der Waals surface area contributed by atoms with Crippen molar-refractivity contribution in [1.82, 2.24) is 9.97 Å². The van der Waals surface area contributed by atoms with Gasteiger partial charge in [0.05, 0.1) is 17.7 Å². The summed E-state index contributed by atoms with van der Waals surface area (Å²) >= 11 is 0. The molecule has 0 spiro atoms. The van der Waals surface area contributed by atoms with Crippen molar-refractivity contribution in [3.8, 4) is 23.1 Å². The van der Waals surface area contributed by atoms with Crippen LogP contribution in [0.4, 0.5) is 0 Å². The van der Waals surface area contributed by atoms with E-state index in [9.17, 15) is 14.7 Å². The predicted octanol–water partition coefficient (Wildman–Crippen LogP) is 1.77. The average Bonchev–Trinajstić information content (AvgIpc) is 2.53. The molecular formula is C15H11N3O4. The molecule has 7 heteroatoms. The summed E-state index contributed by atoms with van der Waals surface area (Å²) in [7, 11) is 0. The lowest BCUT2D eigenvalue weighted by Crippen LogP contribution is -2.08. The highest BCUT2D eigenvalue weighted by Gasteiger charge is 2.19. The number of aliphatic carboxylic acids is 1. The zero-order chi connectivity index (χ0) is 16.1. The molecular weight excluding hydrogens is 286 g/mol. The highest BCUT2D eigenvalue weighted by atomic mass is 16.4. The maximum absolute atomic E-state index is 12.0. The molecule has 0 aromatic carbocycles. The Bertz CT molecular complexity index is 766. The van der Waals surface area contributed by atoms with Crippen LogP contribution in [-0.2, 0) is 4.79 Å². The molecule has 0 atom stereocenters. The first-order valence-corrected chi connectivity index (χ1v) is 6.32. The number of ketones is 1. The van der Waals surface area contributed by atoms with Gasteiger partial charge in [-0.25, -0.2) is 4.98 Å². The fraction of sp³-hybridized carbons (Fsp3) is 0.133.